The normalized spacial score (nSPS) is 11.6. The van der Waals surface area contributed by atoms with Gasteiger partial charge in [-0.05, 0) is 127 Å². The van der Waals surface area contributed by atoms with Gasteiger partial charge >= 0.3 is 0 Å². The third-order valence-corrected chi connectivity index (χ3v) is 26.9. The van der Waals surface area contributed by atoms with Crippen molar-refractivity contribution in [2.24, 2.45) is 0 Å². The van der Waals surface area contributed by atoms with Crippen molar-refractivity contribution >= 4 is 150 Å². The second-order valence-corrected chi connectivity index (χ2v) is 34.7. The van der Waals surface area contributed by atoms with Crippen molar-refractivity contribution < 1.29 is 4.42 Å². The van der Waals surface area contributed by atoms with E-state index < -0.39 is 0 Å². The molecular formula is C116H71N13OS2. The Morgan fingerprint density at radius 1 is 0.174 bits per heavy atom. The van der Waals surface area contributed by atoms with E-state index in [2.05, 4.69) is 244 Å². The van der Waals surface area contributed by atoms with Crippen LogP contribution in [0, 0.1) is 0 Å². The fraction of sp³-hybridized carbons (Fsp3) is 0. The molecule has 0 spiro atoms. The lowest BCUT2D eigenvalue weighted by atomic mass is 10.1. The molecule has 0 aliphatic heterocycles. The first-order valence-electron chi connectivity index (χ1n) is 43.7. The summed E-state index contributed by atoms with van der Waals surface area (Å²) in [4.78, 5) is 48.9. The fourth-order valence-electron chi connectivity index (χ4n) is 18.3. The zero-order valence-electron chi connectivity index (χ0n) is 70.5. The minimum absolute atomic E-state index is 0.589. The molecule has 0 bridgehead atoms. The largest absolute Gasteiger partial charge is 0.456 e. The van der Waals surface area contributed by atoms with Crippen LogP contribution in [0.25, 0.3) is 247 Å². The van der Waals surface area contributed by atoms with Crippen molar-refractivity contribution in [1.29, 1.82) is 0 Å². The highest BCUT2D eigenvalue weighted by Crippen LogP contribution is 2.45. The molecule has 27 rings (SSSR count). The summed E-state index contributed by atoms with van der Waals surface area (Å²) in [6, 6.07) is 147. The highest BCUT2D eigenvalue weighted by molar-refractivity contribution is 7.26. The van der Waals surface area contributed by atoms with Crippen LogP contribution in [0.4, 0.5) is 0 Å². The van der Waals surface area contributed by atoms with E-state index in [-0.39, 0.29) is 0 Å². The summed E-state index contributed by atoms with van der Waals surface area (Å²) in [6.07, 6.45) is 1.87. The number of para-hydroxylation sites is 4. The first-order valence-corrected chi connectivity index (χ1v) is 45.4. The van der Waals surface area contributed by atoms with Crippen molar-refractivity contribution in [2.45, 2.75) is 0 Å². The number of hydrogen-bond acceptors (Lipinski definition) is 13. The second kappa shape index (κ2) is 32.5. The maximum atomic E-state index is 6.28. The van der Waals surface area contributed by atoms with Crippen LogP contribution in [0.15, 0.2) is 435 Å². The molecule has 27 aromatic rings. The molecule has 10 heterocycles. The first-order chi connectivity index (χ1) is 65.4. The van der Waals surface area contributed by atoms with Gasteiger partial charge in [-0.2, -0.15) is 0 Å². The third kappa shape index (κ3) is 13.8. The van der Waals surface area contributed by atoms with Gasteiger partial charge in [-0.25, -0.2) is 49.8 Å². The molecular weight excluding hydrogens is 1660 g/mol. The van der Waals surface area contributed by atoms with Crippen LogP contribution in [-0.4, -0.2) is 63.5 Å². The number of hydrogen-bond donors (Lipinski definition) is 0. The standard InChI is InChI=1S/C39H24N4O.C39H24N4S.C38H23N5S/c2*1-3-11-25(12-4-1)37-40-38(26-13-5-2-6-14-26)42-39(41-37)27-19-21-28(22-20-27)43-33-17-9-7-15-29(33)31-23-32-30-16-8-10-18-35(30)44-36(32)24-34(31)43;1-3-11-24(12-4-1)36-40-37(25-13-5-2-6-14-25)42-38(41-36)26-19-20-35(39-23-26)43-31-17-9-7-15-27(31)29-21-30-28-16-8-10-18-33(28)44-34(30)22-32(29)43/h2*1-24H;1-23H. The smallest absolute Gasteiger partial charge is 0.165 e. The molecule has 0 aliphatic carbocycles. The Morgan fingerprint density at radius 3 is 0.818 bits per heavy atom. The quantitative estimate of drug-likeness (QED) is 0.115. The second-order valence-electron chi connectivity index (χ2n) is 32.6. The van der Waals surface area contributed by atoms with Gasteiger partial charge in [0.05, 0.1) is 33.1 Å². The van der Waals surface area contributed by atoms with Crippen molar-refractivity contribution in [2.75, 3.05) is 0 Å². The van der Waals surface area contributed by atoms with Gasteiger partial charge < -0.3 is 13.6 Å². The van der Waals surface area contributed by atoms with Crippen LogP contribution in [0.1, 0.15) is 0 Å². The molecule has 0 fully saturated rings. The van der Waals surface area contributed by atoms with Crippen molar-refractivity contribution in [3.05, 3.63) is 431 Å². The molecule has 10 aromatic heterocycles. The number of aromatic nitrogens is 13. The molecule has 132 heavy (non-hydrogen) atoms. The van der Waals surface area contributed by atoms with Gasteiger partial charge in [-0.15, -0.1) is 22.7 Å². The Bertz CT molecular complexity index is 8110. The molecule has 0 N–H and O–H groups in total. The fourth-order valence-corrected chi connectivity index (χ4v) is 20.6. The monoisotopic (exact) mass is 1730 g/mol. The number of benzene rings is 17. The van der Waals surface area contributed by atoms with Gasteiger partial charge in [-0.1, -0.05) is 291 Å². The maximum absolute atomic E-state index is 6.28. The van der Waals surface area contributed by atoms with Gasteiger partial charge in [0.2, 0.25) is 0 Å². The summed E-state index contributed by atoms with van der Waals surface area (Å²) in [5.41, 5.74) is 19.2. The lowest BCUT2D eigenvalue weighted by Gasteiger charge is -2.11. The molecule has 0 atom stereocenters. The van der Waals surface area contributed by atoms with E-state index in [1.807, 2.05) is 223 Å². The SMILES string of the molecule is c1ccc(-c2nc(-c3ccccc3)nc(-c3ccc(-n4c5ccccc5c5cc6c(cc54)oc4ccccc46)cc3)n2)cc1.c1ccc(-c2nc(-c3ccccc3)nc(-c3ccc(-n4c5ccccc5c5cc6c(cc54)sc4ccccc46)cc3)n2)cc1.c1ccc(-c2nc(-c3ccccc3)nc(-c3ccc(-n4c5ccccc5c5cc6c(cc54)sc4ccccc46)nc3)n2)cc1. The van der Waals surface area contributed by atoms with Crippen molar-refractivity contribution in [3.63, 3.8) is 0 Å². The van der Waals surface area contributed by atoms with Gasteiger partial charge in [0.1, 0.15) is 17.0 Å². The first kappa shape index (κ1) is 76.9. The number of pyridine rings is 1. The van der Waals surface area contributed by atoms with E-state index in [9.17, 15) is 0 Å². The van der Waals surface area contributed by atoms with E-state index in [1.165, 1.54) is 83.7 Å². The molecule has 14 nitrogen and oxygen atoms in total. The number of furan rings is 1. The Morgan fingerprint density at radius 2 is 0.455 bits per heavy atom. The summed E-state index contributed by atoms with van der Waals surface area (Å²) in [7, 11) is 0. The van der Waals surface area contributed by atoms with E-state index in [4.69, 9.17) is 54.3 Å². The lowest BCUT2D eigenvalue weighted by molar-refractivity contribution is 0.669. The molecule has 0 radical (unpaired) electrons. The van der Waals surface area contributed by atoms with Crippen LogP contribution in [0.3, 0.4) is 0 Å². The number of nitrogens with zero attached hydrogens (tertiary/aromatic N) is 13. The average Bonchev–Trinajstić information content (AvgIpc) is 1.58. The van der Waals surface area contributed by atoms with Gasteiger partial charge in [0.15, 0.2) is 52.4 Å². The summed E-state index contributed by atoms with van der Waals surface area (Å²) in [6.45, 7) is 0. The summed E-state index contributed by atoms with van der Waals surface area (Å²) in [5.74, 6) is 6.61. The van der Waals surface area contributed by atoms with Crippen LogP contribution < -0.4 is 0 Å². The van der Waals surface area contributed by atoms with Crippen LogP contribution in [0.2, 0.25) is 0 Å². The summed E-state index contributed by atoms with van der Waals surface area (Å²) < 4.78 is 18.4. The zero-order valence-corrected chi connectivity index (χ0v) is 72.2. The van der Waals surface area contributed by atoms with Crippen molar-refractivity contribution in [3.8, 4) is 120 Å². The molecule has 16 heteroatoms. The van der Waals surface area contributed by atoms with E-state index in [1.54, 1.807) is 0 Å². The number of fused-ring (bicyclic) bond motifs is 18. The van der Waals surface area contributed by atoms with Gasteiger partial charge in [0, 0.05) is 157 Å². The molecule has 618 valence electrons. The minimum Gasteiger partial charge on any atom is -0.456 e. The molecule has 0 saturated heterocycles. The maximum Gasteiger partial charge on any atom is 0.165 e. The number of rotatable bonds is 12. The van der Waals surface area contributed by atoms with Gasteiger partial charge in [0.25, 0.3) is 0 Å². The summed E-state index contributed by atoms with van der Waals surface area (Å²) in [5, 5.41) is 14.8. The zero-order chi connectivity index (χ0) is 87.1. The Kier molecular flexibility index (Phi) is 18.9. The molecule has 0 saturated carbocycles. The van der Waals surface area contributed by atoms with E-state index in [0.717, 1.165) is 111 Å². The molecule has 0 aliphatic rings. The van der Waals surface area contributed by atoms with Crippen LogP contribution in [-0.2, 0) is 0 Å². The van der Waals surface area contributed by atoms with E-state index in [0.29, 0.717) is 52.4 Å². The Hall–Kier alpha value is -17.4. The average molecular weight is 1730 g/mol. The Labute approximate surface area is 763 Å². The lowest BCUT2D eigenvalue weighted by Crippen LogP contribution is -2.01. The number of thiophene rings is 2. The summed E-state index contributed by atoms with van der Waals surface area (Å²) >= 11 is 3.69. The predicted molar refractivity (Wildman–Crippen MR) is 542 cm³/mol. The minimum atomic E-state index is 0.589. The van der Waals surface area contributed by atoms with Crippen LogP contribution >= 0.6 is 22.7 Å². The highest BCUT2D eigenvalue weighted by Gasteiger charge is 2.24. The topological polar surface area (TPSA) is 157 Å². The Balaban J connectivity index is 0.000000106. The molecule has 17 aromatic carbocycles. The van der Waals surface area contributed by atoms with Crippen molar-refractivity contribution in [1.82, 2.24) is 63.5 Å². The van der Waals surface area contributed by atoms with Crippen LogP contribution in [0.5, 0.6) is 0 Å². The molecule has 0 amide bonds. The predicted octanol–water partition coefficient (Wildman–Crippen LogP) is 29.9. The molecule has 0 unspecified atom stereocenters. The van der Waals surface area contributed by atoms with Gasteiger partial charge in [-0.3, -0.25) is 4.57 Å². The highest BCUT2D eigenvalue weighted by atomic mass is 32.1. The van der Waals surface area contributed by atoms with E-state index >= 15 is 0 Å². The third-order valence-electron chi connectivity index (χ3n) is 24.6.